The van der Waals surface area contributed by atoms with Gasteiger partial charge >= 0.3 is 0 Å². The lowest BCUT2D eigenvalue weighted by molar-refractivity contribution is 0.612. The van der Waals surface area contributed by atoms with Crippen molar-refractivity contribution in [3.63, 3.8) is 0 Å². The van der Waals surface area contributed by atoms with E-state index < -0.39 is 0 Å². The molecule has 1 aromatic carbocycles. The summed E-state index contributed by atoms with van der Waals surface area (Å²) in [6, 6.07) is 3.27. The molecule has 0 saturated heterocycles. The first-order valence-corrected chi connectivity index (χ1v) is 4.39. The smallest absolute Gasteiger partial charge is 0.142 e. The molecule has 0 N–H and O–H groups in total. The highest BCUT2D eigenvalue weighted by molar-refractivity contribution is 9.10. The van der Waals surface area contributed by atoms with Crippen LogP contribution in [0.15, 0.2) is 21.6 Å². The van der Waals surface area contributed by atoms with Gasteiger partial charge in [0, 0.05) is 5.56 Å². The second-order valence-corrected chi connectivity index (χ2v) is 3.25. The van der Waals surface area contributed by atoms with Crippen molar-refractivity contribution in [2.24, 2.45) is 4.99 Å². The molecule has 0 fully saturated rings. The van der Waals surface area contributed by atoms with Gasteiger partial charge in [-0.15, -0.1) is 0 Å². The standard InChI is InChI=1S/C8H5BrFNS/c1-5-7(11-4-12)3-2-6(9)8(5)10/h2-3H,1H3. The first-order chi connectivity index (χ1) is 5.66. The largest absolute Gasteiger partial charge is 0.205 e. The third-order valence-electron chi connectivity index (χ3n) is 1.48. The summed E-state index contributed by atoms with van der Waals surface area (Å²) in [5.74, 6) is -0.304. The molecule has 0 bridgehead atoms. The summed E-state index contributed by atoms with van der Waals surface area (Å²) in [7, 11) is 0. The summed E-state index contributed by atoms with van der Waals surface area (Å²) in [4.78, 5) is 3.71. The minimum Gasteiger partial charge on any atom is -0.205 e. The fourth-order valence-electron chi connectivity index (χ4n) is 0.812. The van der Waals surface area contributed by atoms with E-state index in [2.05, 4.69) is 38.3 Å². The van der Waals surface area contributed by atoms with E-state index in [1.807, 2.05) is 0 Å². The van der Waals surface area contributed by atoms with Crippen LogP contribution >= 0.6 is 28.1 Å². The summed E-state index contributed by atoms with van der Waals surface area (Å²) in [6.45, 7) is 1.64. The minimum atomic E-state index is -0.304. The highest BCUT2D eigenvalue weighted by atomic mass is 79.9. The van der Waals surface area contributed by atoms with Crippen molar-refractivity contribution in [2.75, 3.05) is 0 Å². The number of nitrogens with zero attached hydrogens (tertiary/aromatic N) is 1. The van der Waals surface area contributed by atoms with Crippen LogP contribution in [0.4, 0.5) is 10.1 Å². The van der Waals surface area contributed by atoms with E-state index in [1.165, 1.54) is 0 Å². The molecule has 1 aromatic rings. The maximum atomic E-state index is 13.1. The van der Waals surface area contributed by atoms with Crippen LogP contribution in [0, 0.1) is 12.7 Å². The SMILES string of the molecule is Cc1c(N=C=S)ccc(Br)c1F. The third kappa shape index (κ3) is 1.78. The second-order valence-electron chi connectivity index (χ2n) is 2.21. The molecule has 0 aliphatic heterocycles. The molecule has 4 heteroatoms. The first-order valence-electron chi connectivity index (χ1n) is 3.19. The van der Waals surface area contributed by atoms with Gasteiger partial charge in [0.25, 0.3) is 0 Å². The summed E-state index contributed by atoms with van der Waals surface area (Å²) in [6.07, 6.45) is 0. The lowest BCUT2D eigenvalue weighted by Crippen LogP contribution is -1.83. The predicted molar refractivity (Wildman–Crippen MR) is 53.5 cm³/mol. The molecule has 12 heavy (non-hydrogen) atoms. The third-order valence-corrected chi connectivity index (χ3v) is 2.18. The fraction of sp³-hybridized carbons (Fsp3) is 0.125. The average Bonchev–Trinajstić information content (AvgIpc) is 2.07. The maximum absolute atomic E-state index is 13.1. The molecular weight excluding hydrogens is 241 g/mol. The minimum absolute atomic E-state index is 0.304. The molecule has 0 aliphatic rings. The Bertz CT molecular complexity index is 358. The molecule has 0 aromatic heterocycles. The number of aliphatic imine (C=N–C) groups is 1. The van der Waals surface area contributed by atoms with Crippen molar-refractivity contribution in [3.05, 3.63) is 28.0 Å². The van der Waals surface area contributed by atoms with Crippen molar-refractivity contribution < 1.29 is 4.39 Å². The predicted octanol–water partition coefficient (Wildman–Crippen LogP) is 3.63. The van der Waals surface area contributed by atoms with E-state index in [4.69, 9.17) is 0 Å². The molecule has 0 saturated carbocycles. The Labute approximate surface area is 83.4 Å². The Kier molecular flexibility index (Phi) is 3.09. The van der Waals surface area contributed by atoms with Crippen molar-refractivity contribution >= 4 is 39.0 Å². The Morgan fingerprint density at radius 3 is 2.83 bits per heavy atom. The molecule has 0 heterocycles. The number of hydrogen-bond donors (Lipinski definition) is 0. The van der Waals surface area contributed by atoms with Crippen molar-refractivity contribution in [1.82, 2.24) is 0 Å². The first kappa shape index (κ1) is 9.52. The number of thiocarbonyl (C=S) groups is 1. The summed E-state index contributed by atoms with van der Waals surface area (Å²) in [5.41, 5.74) is 0.993. The van der Waals surface area contributed by atoms with Gasteiger partial charge in [0.2, 0.25) is 0 Å². The van der Waals surface area contributed by atoms with Gasteiger partial charge in [-0.3, -0.25) is 0 Å². The van der Waals surface area contributed by atoms with Crippen LogP contribution in [0.2, 0.25) is 0 Å². The Balaban J connectivity index is 3.35. The normalized spacial score (nSPS) is 9.25. The van der Waals surface area contributed by atoms with Crippen molar-refractivity contribution in [3.8, 4) is 0 Å². The highest BCUT2D eigenvalue weighted by Crippen LogP contribution is 2.26. The van der Waals surface area contributed by atoms with Gasteiger partial charge in [0.05, 0.1) is 15.3 Å². The Morgan fingerprint density at radius 1 is 1.58 bits per heavy atom. The van der Waals surface area contributed by atoms with Gasteiger partial charge in [-0.2, -0.15) is 4.99 Å². The molecule has 0 radical (unpaired) electrons. The zero-order chi connectivity index (χ0) is 9.14. The molecule has 0 unspecified atom stereocenters. The van der Waals surface area contributed by atoms with Gasteiger partial charge in [0.15, 0.2) is 0 Å². The average molecular weight is 246 g/mol. The summed E-state index contributed by atoms with van der Waals surface area (Å²) in [5, 5.41) is 2.20. The molecule has 0 atom stereocenters. The van der Waals surface area contributed by atoms with E-state index in [-0.39, 0.29) is 5.82 Å². The zero-order valence-electron chi connectivity index (χ0n) is 6.27. The van der Waals surface area contributed by atoms with Gasteiger partial charge in [-0.25, -0.2) is 4.39 Å². The van der Waals surface area contributed by atoms with E-state index in [0.717, 1.165) is 0 Å². The number of halogens is 2. The van der Waals surface area contributed by atoms with Gasteiger partial charge in [-0.05, 0) is 47.2 Å². The molecule has 62 valence electrons. The van der Waals surface area contributed by atoms with Gasteiger partial charge in [-0.1, -0.05) is 0 Å². The number of isothiocyanates is 1. The van der Waals surface area contributed by atoms with E-state index in [9.17, 15) is 4.39 Å². The van der Waals surface area contributed by atoms with E-state index in [1.54, 1.807) is 19.1 Å². The molecule has 0 spiro atoms. The topological polar surface area (TPSA) is 12.4 Å². The maximum Gasteiger partial charge on any atom is 0.142 e. The van der Waals surface area contributed by atoms with Crippen LogP contribution < -0.4 is 0 Å². The van der Waals surface area contributed by atoms with Crippen molar-refractivity contribution in [1.29, 1.82) is 0 Å². The molecule has 1 rings (SSSR count). The summed E-state index contributed by atoms with van der Waals surface area (Å²) < 4.78 is 13.6. The molecule has 0 amide bonds. The van der Waals surface area contributed by atoms with Crippen LogP contribution in [-0.2, 0) is 0 Å². The number of benzene rings is 1. The lowest BCUT2D eigenvalue weighted by atomic mass is 10.2. The molecular formula is C8H5BrFNS. The Morgan fingerprint density at radius 2 is 2.25 bits per heavy atom. The van der Waals surface area contributed by atoms with E-state index in [0.29, 0.717) is 15.7 Å². The van der Waals surface area contributed by atoms with Crippen LogP contribution in [0.3, 0.4) is 0 Å². The Hall–Kier alpha value is -0.570. The lowest BCUT2D eigenvalue weighted by Gasteiger charge is -2.00. The monoisotopic (exact) mass is 245 g/mol. The molecule has 0 aliphatic carbocycles. The van der Waals surface area contributed by atoms with Crippen LogP contribution in [0.5, 0.6) is 0 Å². The van der Waals surface area contributed by atoms with E-state index >= 15 is 0 Å². The number of rotatable bonds is 1. The second kappa shape index (κ2) is 3.90. The van der Waals surface area contributed by atoms with Crippen molar-refractivity contribution in [2.45, 2.75) is 6.92 Å². The fourth-order valence-corrected chi connectivity index (χ4v) is 1.34. The van der Waals surface area contributed by atoms with Gasteiger partial charge < -0.3 is 0 Å². The summed E-state index contributed by atoms with van der Waals surface area (Å²) >= 11 is 7.49. The van der Waals surface area contributed by atoms with Crippen LogP contribution in [0.1, 0.15) is 5.56 Å². The molecule has 1 nitrogen and oxygen atoms in total. The van der Waals surface area contributed by atoms with Gasteiger partial charge in [0.1, 0.15) is 5.82 Å². The highest BCUT2D eigenvalue weighted by Gasteiger charge is 2.05. The zero-order valence-corrected chi connectivity index (χ0v) is 8.67. The quantitative estimate of drug-likeness (QED) is 0.544. The van der Waals surface area contributed by atoms with Crippen LogP contribution in [-0.4, -0.2) is 5.16 Å². The number of hydrogen-bond acceptors (Lipinski definition) is 2. The van der Waals surface area contributed by atoms with Crippen LogP contribution in [0.25, 0.3) is 0 Å².